The van der Waals surface area contributed by atoms with Gasteiger partial charge in [0.2, 0.25) is 5.91 Å². The minimum Gasteiger partial charge on any atom is -0.465 e. The monoisotopic (exact) mass is 410 g/mol. The van der Waals surface area contributed by atoms with Gasteiger partial charge in [0.05, 0.1) is 0 Å². The van der Waals surface area contributed by atoms with Crippen LogP contribution in [-0.2, 0) is 4.79 Å². The summed E-state index contributed by atoms with van der Waals surface area (Å²) in [6.45, 7) is 2.63. The normalized spacial score (nSPS) is 11.1. The van der Waals surface area contributed by atoms with Gasteiger partial charge in [-0.25, -0.2) is 4.79 Å². The van der Waals surface area contributed by atoms with Gasteiger partial charge < -0.3 is 10.4 Å². The number of unbranched alkanes of at least 4 members (excludes halogenated alkanes) is 14. The van der Waals surface area contributed by atoms with Crippen LogP contribution >= 0.6 is 0 Å². The number of hydrogen-bond donors (Lipinski definition) is 2. The van der Waals surface area contributed by atoms with Crippen LogP contribution in [0, 0.1) is 0 Å². The van der Waals surface area contributed by atoms with Gasteiger partial charge >= 0.3 is 6.09 Å². The molecule has 0 spiro atoms. The second-order valence-electron chi connectivity index (χ2n) is 8.02. The van der Waals surface area contributed by atoms with Crippen LogP contribution in [0.3, 0.4) is 0 Å². The molecule has 0 aliphatic heterocycles. The molecule has 0 saturated heterocycles. The molecule has 0 aliphatic rings. The third kappa shape index (κ3) is 19.6. The number of hydrogen-bond acceptors (Lipinski definition) is 2. The van der Waals surface area contributed by atoms with E-state index in [0.717, 1.165) is 19.3 Å². The van der Waals surface area contributed by atoms with E-state index < -0.39 is 6.09 Å². The Labute approximate surface area is 179 Å². The molecule has 2 N–H and O–H groups in total. The highest BCUT2D eigenvalue weighted by Gasteiger charge is 2.14. The molecule has 0 bridgehead atoms. The van der Waals surface area contributed by atoms with Crippen molar-refractivity contribution in [3.8, 4) is 0 Å². The molecule has 0 atom stereocenters. The SMILES string of the molecule is CCCCCCCCC=CCCCCCCCCCCN(CC(=O)NC)C(=O)O. The van der Waals surface area contributed by atoms with E-state index in [9.17, 15) is 9.59 Å². The maximum atomic E-state index is 11.3. The molecule has 29 heavy (non-hydrogen) atoms. The Bertz CT molecular complexity index is 424. The number of nitrogens with zero attached hydrogens (tertiary/aromatic N) is 1. The Hall–Kier alpha value is -1.52. The molecule has 0 aromatic heterocycles. The topological polar surface area (TPSA) is 69.6 Å². The largest absolute Gasteiger partial charge is 0.465 e. The number of rotatable bonds is 20. The molecule has 0 aliphatic carbocycles. The third-order valence-corrected chi connectivity index (χ3v) is 5.32. The van der Waals surface area contributed by atoms with Crippen LogP contribution in [0.5, 0.6) is 0 Å². The van der Waals surface area contributed by atoms with Crippen LogP contribution in [0.1, 0.15) is 110 Å². The minimum atomic E-state index is -1.02. The number of carbonyl (C=O) groups excluding carboxylic acids is 1. The van der Waals surface area contributed by atoms with Crippen LogP contribution < -0.4 is 5.32 Å². The lowest BCUT2D eigenvalue weighted by molar-refractivity contribution is -0.121. The molecular weight excluding hydrogens is 364 g/mol. The summed E-state index contributed by atoms with van der Waals surface area (Å²) in [5.41, 5.74) is 0. The van der Waals surface area contributed by atoms with Gasteiger partial charge in [-0.1, -0.05) is 89.7 Å². The lowest BCUT2D eigenvalue weighted by Gasteiger charge is -2.17. The fourth-order valence-electron chi connectivity index (χ4n) is 3.40. The van der Waals surface area contributed by atoms with Gasteiger partial charge in [0, 0.05) is 13.6 Å². The van der Waals surface area contributed by atoms with Gasteiger partial charge in [-0.15, -0.1) is 0 Å². The van der Waals surface area contributed by atoms with E-state index in [-0.39, 0.29) is 12.5 Å². The first-order chi connectivity index (χ1) is 14.1. The summed E-state index contributed by atoms with van der Waals surface area (Å²) in [6, 6.07) is 0. The predicted octanol–water partition coefficient (Wildman–Crippen LogP) is 6.53. The number of carboxylic acid groups (broad SMARTS) is 1. The van der Waals surface area contributed by atoms with Gasteiger partial charge in [-0.05, 0) is 32.1 Å². The molecule has 0 radical (unpaired) electrons. The van der Waals surface area contributed by atoms with E-state index in [1.807, 2.05) is 0 Å². The molecule has 0 aromatic carbocycles. The molecular formula is C24H46N2O3. The zero-order chi connectivity index (χ0) is 21.6. The first kappa shape index (κ1) is 27.5. The number of nitrogens with one attached hydrogen (secondary N) is 1. The van der Waals surface area contributed by atoms with Crippen molar-refractivity contribution in [3.63, 3.8) is 0 Å². The standard InChI is InChI=1S/C24H46N2O3/c1-3-4-5-6-7-8-9-10-11-12-13-14-15-16-17-18-19-20-21-26(24(28)29)22-23(27)25-2/h10-11H,3-9,12-22H2,1-2H3,(H,25,27)(H,28,29). The van der Waals surface area contributed by atoms with Crippen molar-refractivity contribution in [1.82, 2.24) is 10.2 Å². The van der Waals surface area contributed by atoms with Crippen LogP contribution in [0.25, 0.3) is 0 Å². The molecule has 0 fully saturated rings. The van der Waals surface area contributed by atoms with E-state index in [1.54, 1.807) is 0 Å². The van der Waals surface area contributed by atoms with Crippen molar-refractivity contribution in [3.05, 3.63) is 12.2 Å². The Kier molecular flexibility index (Phi) is 20.1. The van der Waals surface area contributed by atoms with Crippen molar-refractivity contribution in [2.45, 2.75) is 110 Å². The van der Waals surface area contributed by atoms with E-state index in [0.29, 0.717) is 6.54 Å². The molecule has 0 saturated carbocycles. The maximum Gasteiger partial charge on any atom is 0.407 e. The maximum absolute atomic E-state index is 11.3. The van der Waals surface area contributed by atoms with E-state index in [1.165, 1.54) is 95.4 Å². The number of allylic oxidation sites excluding steroid dienone is 2. The smallest absolute Gasteiger partial charge is 0.407 e. The quantitative estimate of drug-likeness (QED) is 0.177. The van der Waals surface area contributed by atoms with Crippen molar-refractivity contribution < 1.29 is 14.7 Å². The highest BCUT2D eigenvalue weighted by atomic mass is 16.4. The lowest BCUT2D eigenvalue weighted by atomic mass is 10.1. The molecule has 0 rings (SSSR count). The molecule has 0 aromatic rings. The first-order valence-electron chi connectivity index (χ1n) is 11.9. The number of amides is 2. The molecule has 5 heteroatoms. The Balaban J connectivity index is 3.37. The average molecular weight is 411 g/mol. The van der Waals surface area contributed by atoms with Crippen molar-refractivity contribution in [2.75, 3.05) is 20.1 Å². The fourth-order valence-corrected chi connectivity index (χ4v) is 3.40. The van der Waals surface area contributed by atoms with Crippen LogP contribution in [-0.4, -0.2) is 42.1 Å². The van der Waals surface area contributed by atoms with Gasteiger partial charge in [0.15, 0.2) is 0 Å². The molecule has 5 nitrogen and oxygen atoms in total. The first-order valence-corrected chi connectivity index (χ1v) is 11.9. The summed E-state index contributed by atoms with van der Waals surface area (Å²) >= 11 is 0. The Morgan fingerprint density at radius 1 is 0.759 bits per heavy atom. The highest BCUT2D eigenvalue weighted by Crippen LogP contribution is 2.11. The van der Waals surface area contributed by atoms with Crippen molar-refractivity contribution >= 4 is 12.0 Å². The number of carbonyl (C=O) groups is 2. The Morgan fingerprint density at radius 3 is 1.66 bits per heavy atom. The second-order valence-corrected chi connectivity index (χ2v) is 8.02. The van der Waals surface area contributed by atoms with E-state index >= 15 is 0 Å². The lowest BCUT2D eigenvalue weighted by Crippen LogP contribution is -2.39. The van der Waals surface area contributed by atoms with Gasteiger partial charge in [0.25, 0.3) is 0 Å². The Morgan fingerprint density at radius 2 is 1.21 bits per heavy atom. The zero-order valence-corrected chi connectivity index (χ0v) is 19.1. The van der Waals surface area contributed by atoms with Crippen molar-refractivity contribution in [2.24, 2.45) is 0 Å². The zero-order valence-electron chi connectivity index (χ0n) is 19.1. The summed E-state index contributed by atoms with van der Waals surface area (Å²) in [5.74, 6) is -0.260. The summed E-state index contributed by atoms with van der Waals surface area (Å²) in [4.78, 5) is 23.6. The van der Waals surface area contributed by atoms with Crippen LogP contribution in [0.2, 0.25) is 0 Å². The summed E-state index contributed by atoms with van der Waals surface area (Å²) < 4.78 is 0. The molecule has 2 amide bonds. The fraction of sp³-hybridized carbons (Fsp3) is 0.833. The molecule has 0 unspecified atom stereocenters. The molecule has 0 heterocycles. The summed E-state index contributed by atoms with van der Waals surface area (Å²) in [5, 5.41) is 11.6. The van der Waals surface area contributed by atoms with Gasteiger partial charge in [0.1, 0.15) is 6.54 Å². The highest BCUT2D eigenvalue weighted by molar-refractivity contribution is 5.81. The number of likely N-dealkylation sites (N-methyl/N-ethyl adjacent to an activating group) is 1. The second kappa shape index (κ2) is 21.2. The van der Waals surface area contributed by atoms with Crippen LogP contribution in [0.15, 0.2) is 12.2 Å². The summed E-state index contributed by atoms with van der Waals surface area (Å²) in [6.07, 6.45) is 23.8. The minimum absolute atomic E-state index is 0.0702. The molecule has 170 valence electrons. The van der Waals surface area contributed by atoms with E-state index in [4.69, 9.17) is 5.11 Å². The van der Waals surface area contributed by atoms with E-state index in [2.05, 4.69) is 24.4 Å². The van der Waals surface area contributed by atoms with Gasteiger partial charge in [-0.2, -0.15) is 0 Å². The summed E-state index contributed by atoms with van der Waals surface area (Å²) in [7, 11) is 1.52. The third-order valence-electron chi connectivity index (χ3n) is 5.32. The average Bonchev–Trinajstić information content (AvgIpc) is 2.71. The predicted molar refractivity (Wildman–Crippen MR) is 122 cm³/mol. The van der Waals surface area contributed by atoms with Crippen LogP contribution in [0.4, 0.5) is 4.79 Å². The van der Waals surface area contributed by atoms with Gasteiger partial charge in [-0.3, -0.25) is 9.69 Å². The van der Waals surface area contributed by atoms with Crippen molar-refractivity contribution in [1.29, 1.82) is 0 Å².